The lowest BCUT2D eigenvalue weighted by atomic mass is 9.91. The Morgan fingerprint density at radius 1 is 0.846 bits per heavy atom. The summed E-state index contributed by atoms with van der Waals surface area (Å²) in [5.74, 6) is 0.321. The topological polar surface area (TPSA) is 12.4 Å². The molecular weight excluding hydrogens is 314 g/mol. The Labute approximate surface area is 155 Å². The van der Waals surface area contributed by atoms with E-state index in [1.807, 2.05) is 0 Å². The number of allylic oxidation sites excluding steroid dienone is 4. The first-order valence-corrected chi connectivity index (χ1v) is 9.12. The van der Waals surface area contributed by atoms with E-state index < -0.39 is 0 Å². The molecule has 0 saturated carbocycles. The van der Waals surface area contributed by atoms with Crippen LogP contribution in [0.5, 0.6) is 0 Å². The van der Waals surface area contributed by atoms with Gasteiger partial charge >= 0.3 is 0 Å². The van der Waals surface area contributed by atoms with Gasteiger partial charge in [0.1, 0.15) is 0 Å². The van der Waals surface area contributed by atoms with Gasteiger partial charge in [0.2, 0.25) is 0 Å². The summed E-state index contributed by atoms with van der Waals surface area (Å²) in [6.45, 7) is 6.41. The predicted molar refractivity (Wildman–Crippen MR) is 113 cm³/mol. The van der Waals surface area contributed by atoms with Crippen molar-refractivity contribution in [1.82, 2.24) is 0 Å². The fraction of sp³-hybridized carbons (Fsp3) is 0.160. The van der Waals surface area contributed by atoms with Gasteiger partial charge in [0.25, 0.3) is 0 Å². The minimum absolute atomic E-state index is 0.321. The Bertz CT molecular complexity index is 1030. The summed E-state index contributed by atoms with van der Waals surface area (Å²) in [5, 5.41) is 2.51. The summed E-state index contributed by atoms with van der Waals surface area (Å²) in [6, 6.07) is 17.4. The van der Waals surface area contributed by atoms with Gasteiger partial charge in [-0.1, -0.05) is 78.4 Å². The maximum Gasteiger partial charge on any atom is 0.0688 e. The van der Waals surface area contributed by atoms with Crippen LogP contribution in [0.2, 0.25) is 0 Å². The van der Waals surface area contributed by atoms with Crippen LogP contribution in [0.25, 0.3) is 10.8 Å². The third kappa shape index (κ3) is 3.01. The lowest BCUT2D eigenvalue weighted by Gasteiger charge is -2.14. The Morgan fingerprint density at radius 2 is 1.54 bits per heavy atom. The third-order valence-electron chi connectivity index (χ3n) is 5.07. The predicted octanol–water partition coefficient (Wildman–Crippen LogP) is 6.73. The van der Waals surface area contributed by atoms with Crippen LogP contribution >= 0.6 is 0 Å². The Morgan fingerprint density at radius 3 is 2.27 bits per heavy atom. The highest BCUT2D eigenvalue weighted by Gasteiger charge is 2.14. The second-order valence-electron chi connectivity index (χ2n) is 7.09. The lowest BCUT2D eigenvalue weighted by Crippen LogP contribution is -1.98. The van der Waals surface area contributed by atoms with Crippen LogP contribution in [-0.2, 0) is 0 Å². The van der Waals surface area contributed by atoms with Crippen molar-refractivity contribution in [2.24, 2.45) is 4.99 Å². The Kier molecular flexibility index (Phi) is 4.30. The van der Waals surface area contributed by atoms with Gasteiger partial charge in [0, 0.05) is 17.7 Å². The number of fused-ring (bicyclic) bond motifs is 1. The van der Waals surface area contributed by atoms with E-state index in [0.29, 0.717) is 5.92 Å². The molecule has 0 aromatic heterocycles. The summed E-state index contributed by atoms with van der Waals surface area (Å²) in [6.07, 6.45) is 10.8. The van der Waals surface area contributed by atoms with Gasteiger partial charge in [-0.3, -0.25) is 4.99 Å². The van der Waals surface area contributed by atoms with Crippen LogP contribution in [0.1, 0.15) is 33.7 Å². The van der Waals surface area contributed by atoms with E-state index in [1.54, 1.807) is 0 Å². The zero-order valence-electron chi connectivity index (χ0n) is 15.5. The van der Waals surface area contributed by atoms with Crippen molar-refractivity contribution in [1.29, 1.82) is 0 Å². The molecule has 0 spiro atoms. The van der Waals surface area contributed by atoms with Crippen molar-refractivity contribution in [2.75, 3.05) is 0 Å². The van der Waals surface area contributed by atoms with Gasteiger partial charge in [0.15, 0.2) is 0 Å². The van der Waals surface area contributed by atoms with E-state index in [0.717, 1.165) is 5.69 Å². The largest absolute Gasteiger partial charge is 0.256 e. The van der Waals surface area contributed by atoms with E-state index in [4.69, 9.17) is 4.99 Å². The minimum atomic E-state index is 0.321. The number of aryl methyl sites for hydroxylation is 3. The first-order chi connectivity index (χ1) is 12.6. The average molecular weight is 337 g/mol. The van der Waals surface area contributed by atoms with Crippen molar-refractivity contribution in [3.05, 3.63) is 101 Å². The summed E-state index contributed by atoms with van der Waals surface area (Å²) in [5.41, 5.74) is 7.32. The van der Waals surface area contributed by atoms with Crippen LogP contribution in [0.3, 0.4) is 0 Å². The number of benzene rings is 3. The lowest BCUT2D eigenvalue weighted by molar-refractivity contribution is 1.10. The molecule has 0 N–H and O–H groups in total. The monoisotopic (exact) mass is 337 g/mol. The molecule has 1 nitrogen and oxygen atoms in total. The molecule has 0 amide bonds. The van der Waals surface area contributed by atoms with Gasteiger partial charge in [-0.2, -0.15) is 0 Å². The molecule has 0 fully saturated rings. The first kappa shape index (κ1) is 16.5. The van der Waals surface area contributed by atoms with Crippen molar-refractivity contribution >= 4 is 22.7 Å². The fourth-order valence-electron chi connectivity index (χ4n) is 3.89. The highest BCUT2D eigenvalue weighted by Crippen LogP contribution is 2.32. The summed E-state index contributed by atoms with van der Waals surface area (Å²) in [7, 11) is 0. The molecule has 128 valence electrons. The summed E-state index contributed by atoms with van der Waals surface area (Å²) >= 11 is 0. The molecular formula is C25H23N. The zero-order valence-corrected chi connectivity index (χ0v) is 15.5. The van der Waals surface area contributed by atoms with Crippen LogP contribution in [-0.4, -0.2) is 6.21 Å². The number of aliphatic imine (C=N–C) groups is 1. The van der Waals surface area contributed by atoms with Crippen molar-refractivity contribution in [3.63, 3.8) is 0 Å². The number of hydrogen-bond donors (Lipinski definition) is 0. The van der Waals surface area contributed by atoms with Crippen LogP contribution in [0.15, 0.2) is 77.8 Å². The second-order valence-corrected chi connectivity index (χ2v) is 7.09. The van der Waals surface area contributed by atoms with E-state index in [9.17, 15) is 0 Å². The van der Waals surface area contributed by atoms with Gasteiger partial charge in [-0.05, 0) is 48.2 Å². The zero-order chi connectivity index (χ0) is 18.1. The molecule has 0 bridgehead atoms. The standard InChI is InChI=1S/C25H23N/c1-17-14-18(2)25(19(3)15-17)26-16-24-22-11-7-6-10-21(22)12-13-23(24)20-8-4-5-9-20/h4-16,20H,1-3H3. The minimum Gasteiger partial charge on any atom is -0.256 e. The molecule has 1 heteroatoms. The third-order valence-corrected chi connectivity index (χ3v) is 5.07. The first-order valence-electron chi connectivity index (χ1n) is 9.12. The number of rotatable bonds is 3. The molecule has 0 aliphatic heterocycles. The Hall–Kier alpha value is -2.93. The molecule has 3 aromatic rings. The molecule has 4 rings (SSSR count). The molecule has 0 unspecified atom stereocenters. The van der Waals surface area contributed by atoms with E-state index in [-0.39, 0.29) is 0 Å². The normalized spacial score (nSPS) is 14.1. The highest BCUT2D eigenvalue weighted by molar-refractivity contribution is 6.02. The van der Waals surface area contributed by atoms with Gasteiger partial charge < -0.3 is 0 Å². The molecule has 1 aliphatic rings. The number of hydrogen-bond acceptors (Lipinski definition) is 1. The SMILES string of the molecule is Cc1cc(C)c(N=Cc2c(C3C=CC=C3)ccc3ccccc23)c(C)c1. The molecule has 0 heterocycles. The maximum atomic E-state index is 4.93. The van der Waals surface area contributed by atoms with E-state index in [2.05, 4.69) is 99.8 Å². The smallest absolute Gasteiger partial charge is 0.0688 e. The number of nitrogens with zero attached hydrogens (tertiary/aromatic N) is 1. The second kappa shape index (κ2) is 6.76. The van der Waals surface area contributed by atoms with Gasteiger partial charge in [-0.25, -0.2) is 0 Å². The summed E-state index contributed by atoms with van der Waals surface area (Å²) < 4.78 is 0. The van der Waals surface area contributed by atoms with Crippen molar-refractivity contribution < 1.29 is 0 Å². The Balaban J connectivity index is 1.88. The fourth-order valence-corrected chi connectivity index (χ4v) is 3.89. The molecule has 0 saturated heterocycles. The molecule has 1 aliphatic carbocycles. The van der Waals surface area contributed by atoms with Crippen LogP contribution < -0.4 is 0 Å². The summed E-state index contributed by atoms with van der Waals surface area (Å²) in [4.78, 5) is 4.93. The van der Waals surface area contributed by atoms with Gasteiger partial charge in [-0.15, -0.1) is 0 Å². The molecule has 3 aromatic carbocycles. The van der Waals surface area contributed by atoms with Crippen molar-refractivity contribution in [2.45, 2.75) is 26.7 Å². The molecule has 0 radical (unpaired) electrons. The average Bonchev–Trinajstić information content (AvgIpc) is 3.15. The highest BCUT2D eigenvalue weighted by atomic mass is 14.7. The van der Waals surface area contributed by atoms with Gasteiger partial charge in [0.05, 0.1) is 5.69 Å². The van der Waals surface area contributed by atoms with Crippen LogP contribution in [0, 0.1) is 20.8 Å². The maximum absolute atomic E-state index is 4.93. The van der Waals surface area contributed by atoms with E-state index >= 15 is 0 Å². The quantitative estimate of drug-likeness (QED) is 0.470. The van der Waals surface area contributed by atoms with Crippen LogP contribution in [0.4, 0.5) is 5.69 Å². The molecule has 26 heavy (non-hydrogen) atoms. The van der Waals surface area contributed by atoms with E-state index in [1.165, 1.54) is 38.6 Å². The van der Waals surface area contributed by atoms with Crippen molar-refractivity contribution in [3.8, 4) is 0 Å². The molecule has 0 atom stereocenters.